The van der Waals surface area contributed by atoms with Crippen molar-refractivity contribution in [2.24, 2.45) is 0 Å². The maximum absolute atomic E-state index is 12.5. The van der Waals surface area contributed by atoms with Gasteiger partial charge in [0, 0.05) is 24.7 Å². The molecule has 1 saturated heterocycles. The van der Waals surface area contributed by atoms with Gasteiger partial charge in [-0.2, -0.15) is 0 Å². The molecule has 1 N–H and O–H groups in total. The summed E-state index contributed by atoms with van der Waals surface area (Å²) in [6.45, 7) is 6.21. The van der Waals surface area contributed by atoms with E-state index in [0.29, 0.717) is 15.0 Å². The number of thioether (sulfide) groups is 1. The number of thiocarbonyl (C=S) groups is 1. The van der Waals surface area contributed by atoms with Gasteiger partial charge >= 0.3 is 0 Å². The zero-order valence-electron chi connectivity index (χ0n) is 15.4. The Bertz CT molecular complexity index is 910. The van der Waals surface area contributed by atoms with Crippen LogP contribution in [-0.2, 0) is 9.59 Å². The van der Waals surface area contributed by atoms with Crippen molar-refractivity contribution in [2.45, 2.75) is 27.2 Å². The van der Waals surface area contributed by atoms with Gasteiger partial charge in [0.1, 0.15) is 10.1 Å². The topological polar surface area (TPSA) is 62.6 Å². The van der Waals surface area contributed by atoms with Crippen LogP contribution in [0.5, 0.6) is 0 Å². The molecule has 0 atom stereocenters. The van der Waals surface area contributed by atoms with Crippen LogP contribution in [0.25, 0.3) is 6.08 Å². The number of nitrogens with zero attached hydrogens (tertiary/aromatic N) is 1. The third-order valence-electron chi connectivity index (χ3n) is 4.19. The second-order valence-corrected chi connectivity index (χ2v) is 8.10. The average Bonchev–Trinajstić information content (AvgIpc) is 3.19. The molecule has 1 aliphatic rings. The molecule has 5 nitrogen and oxygen atoms in total. The molecule has 1 aliphatic heterocycles. The van der Waals surface area contributed by atoms with Crippen LogP contribution in [0.1, 0.15) is 28.9 Å². The normalized spacial score (nSPS) is 15.7. The number of benzene rings is 1. The third-order valence-corrected chi connectivity index (χ3v) is 5.57. The lowest BCUT2D eigenvalue weighted by atomic mass is 10.1. The molecule has 2 heterocycles. The van der Waals surface area contributed by atoms with Crippen molar-refractivity contribution in [3.63, 3.8) is 0 Å². The minimum atomic E-state index is -0.197. The maximum Gasteiger partial charge on any atom is 0.266 e. The second-order valence-electron chi connectivity index (χ2n) is 6.42. The van der Waals surface area contributed by atoms with Gasteiger partial charge in [-0.3, -0.25) is 14.5 Å². The molecule has 2 aromatic rings. The number of aryl methyl sites for hydroxylation is 3. The summed E-state index contributed by atoms with van der Waals surface area (Å²) >= 11 is 6.51. The minimum Gasteiger partial charge on any atom is -0.465 e. The van der Waals surface area contributed by atoms with Crippen LogP contribution in [0.2, 0.25) is 0 Å². The number of hydrogen-bond donors (Lipinski definition) is 1. The van der Waals surface area contributed by atoms with Gasteiger partial charge in [-0.15, -0.1) is 0 Å². The van der Waals surface area contributed by atoms with Gasteiger partial charge in [0.05, 0.1) is 11.2 Å². The van der Waals surface area contributed by atoms with E-state index in [2.05, 4.69) is 5.32 Å². The van der Waals surface area contributed by atoms with E-state index in [1.807, 2.05) is 32.9 Å². The van der Waals surface area contributed by atoms with Gasteiger partial charge in [0.2, 0.25) is 5.91 Å². The zero-order chi connectivity index (χ0) is 19.6. The van der Waals surface area contributed by atoms with Crippen LogP contribution < -0.4 is 5.32 Å². The average molecular weight is 401 g/mol. The van der Waals surface area contributed by atoms with Gasteiger partial charge in [-0.25, -0.2) is 0 Å². The zero-order valence-corrected chi connectivity index (χ0v) is 17.0. The quantitative estimate of drug-likeness (QED) is 0.594. The van der Waals surface area contributed by atoms with E-state index in [9.17, 15) is 9.59 Å². The van der Waals surface area contributed by atoms with Crippen LogP contribution in [0.4, 0.5) is 5.69 Å². The van der Waals surface area contributed by atoms with E-state index in [1.54, 1.807) is 24.5 Å². The number of furan rings is 1. The fraction of sp³-hybridized carbons (Fsp3) is 0.250. The van der Waals surface area contributed by atoms with Crippen molar-refractivity contribution in [1.82, 2.24) is 4.90 Å². The van der Waals surface area contributed by atoms with E-state index in [1.165, 1.54) is 16.7 Å². The molecule has 140 valence electrons. The first-order valence-corrected chi connectivity index (χ1v) is 9.74. The van der Waals surface area contributed by atoms with Crippen molar-refractivity contribution in [3.05, 3.63) is 57.9 Å². The number of hydrogen-bond acceptors (Lipinski definition) is 5. The maximum atomic E-state index is 12.5. The molecule has 1 aromatic heterocycles. The van der Waals surface area contributed by atoms with E-state index in [0.717, 1.165) is 22.4 Å². The molecule has 0 saturated carbocycles. The molecule has 1 fully saturated rings. The Morgan fingerprint density at radius 2 is 2.00 bits per heavy atom. The smallest absolute Gasteiger partial charge is 0.266 e. The van der Waals surface area contributed by atoms with Gasteiger partial charge in [0.25, 0.3) is 5.91 Å². The van der Waals surface area contributed by atoms with Gasteiger partial charge in [-0.05, 0) is 44.0 Å². The highest BCUT2D eigenvalue weighted by atomic mass is 32.2. The van der Waals surface area contributed by atoms with Crippen molar-refractivity contribution in [1.29, 1.82) is 0 Å². The van der Waals surface area contributed by atoms with Crippen molar-refractivity contribution in [3.8, 4) is 0 Å². The summed E-state index contributed by atoms with van der Waals surface area (Å²) in [5.74, 6) is 0.254. The lowest BCUT2D eigenvalue weighted by Gasteiger charge is -2.16. The second kappa shape index (κ2) is 8.10. The summed E-state index contributed by atoms with van der Waals surface area (Å²) < 4.78 is 5.69. The number of rotatable bonds is 5. The Kier molecular flexibility index (Phi) is 5.82. The summed E-state index contributed by atoms with van der Waals surface area (Å²) in [6.07, 6.45) is 3.39. The molecule has 0 unspecified atom stereocenters. The fourth-order valence-corrected chi connectivity index (χ4v) is 4.28. The molecular weight excluding hydrogens is 380 g/mol. The number of amides is 2. The number of carbonyl (C=O) groups excluding carboxylic acids is 2. The summed E-state index contributed by atoms with van der Waals surface area (Å²) in [5, 5.41) is 2.95. The Morgan fingerprint density at radius 1 is 1.30 bits per heavy atom. The fourth-order valence-electron chi connectivity index (χ4n) is 2.99. The summed E-state index contributed by atoms with van der Waals surface area (Å²) in [5.41, 5.74) is 4.03. The Labute approximate surface area is 167 Å². The number of anilines is 1. The van der Waals surface area contributed by atoms with Crippen LogP contribution in [0.15, 0.2) is 39.9 Å². The predicted molar refractivity (Wildman–Crippen MR) is 112 cm³/mol. The molecule has 2 amide bonds. The molecule has 0 spiro atoms. The first-order chi connectivity index (χ1) is 12.8. The number of carbonyl (C=O) groups is 2. The van der Waals surface area contributed by atoms with Gasteiger partial charge in [-0.1, -0.05) is 41.7 Å². The summed E-state index contributed by atoms with van der Waals surface area (Å²) in [4.78, 5) is 26.9. The van der Waals surface area contributed by atoms with Gasteiger partial charge in [0.15, 0.2) is 0 Å². The Balaban J connectivity index is 1.62. The third kappa shape index (κ3) is 4.48. The van der Waals surface area contributed by atoms with E-state index >= 15 is 0 Å². The molecule has 0 bridgehead atoms. The van der Waals surface area contributed by atoms with E-state index < -0.39 is 0 Å². The highest BCUT2D eigenvalue weighted by Gasteiger charge is 2.32. The first-order valence-electron chi connectivity index (χ1n) is 8.51. The van der Waals surface area contributed by atoms with Crippen LogP contribution in [-0.4, -0.2) is 27.6 Å². The summed E-state index contributed by atoms with van der Waals surface area (Å²) in [6, 6.07) is 7.59. The molecule has 0 aliphatic carbocycles. The highest BCUT2D eigenvalue weighted by Crippen LogP contribution is 2.32. The lowest BCUT2D eigenvalue weighted by molar-refractivity contribution is -0.122. The molecule has 27 heavy (non-hydrogen) atoms. The van der Waals surface area contributed by atoms with Crippen LogP contribution in [0.3, 0.4) is 0 Å². The first kappa shape index (κ1) is 19.4. The van der Waals surface area contributed by atoms with Crippen LogP contribution >= 0.6 is 24.0 Å². The minimum absolute atomic E-state index is 0.144. The molecule has 3 rings (SSSR count). The van der Waals surface area contributed by atoms with Crippen molar-refractivity contribution in [2.75, 3.05) is 11.9 Å². The molecule has 0 radical (unpaired) electrons. The monoisotopic (exact) mass is 400 g/mol. The SMILES string of the molecule is Cc1cc(C)c(NC(=O)CCN2C(=O)/C(=C\c3ccco3)SC2=S)c(C)c1. The Hall–Kier alpha value is -2.38. The molecule has 1 aromatic carbocycles. The van der Waals surface area contributed by atoms with Crippen LogP contribution in [0, 0.1) is 20.8 Å². The van der Waals surface area contributed by atoms with Crippen molar-refractivity contribution >= 4 is 51.9 Å². The highest BCUT2D eigenvalue weighted by molar-refractivity contribution is 8.26. The predicted octanol–water partition coefficient (Wildman–Crippen LogP) is 4.43. The van der Waals surface area contributed by atoms with E-state index in [4.69, 9.17) is 16.6 Å². The lowest BCUT2D eigenvalue weighted by Crippen LogP contribution is -2.31. The van der Waals surface area contributed by atoms with Crippen molar-refractivity contribution < 1.29 is 14.0 Å². The Morgan fingerprint density at radius 3 is 2.63 bits per heavy atom. The molecule has 7 heteroatoms. The van der Waals surface area contributed by atoms with E-state index in [-0.39, 0.29) is 24.8 Å². The molecular formula is C20H20N2O3S2. The largest absolute Gasteiger partial charge is 0.465 e. The summed E-state index contributed by atoms with van der Waals surface area (Å²) in [7, 11) is 0. The standard InChI is InChI=1S/C20H20N2O3S2/c1-12-9-13(2)18(14(3)10-12)21-17(23)6-7-22-19(24)16(27-20(22)26)11-15-5-4-8-25-15/h4-5,8-11H,6-7H2,1-3H3,(H,21,23)/b16-11+. The van der Waals surface area contributed by atoms with Gasteiger partial charge < -0.3 is 9.73 Å². The number of nitrogens with one attached hydrogen (secondary N) is 1.